The van der Waals surface area contributed by atoms with E-state index < -0.39 is 0 Å². The number of rotatable bonds is 6. The molecule has 5 heteroatoms. The molecule has 1 fully saturated rings. The van der Waals surface area contributed by atoms with Crippen LogP contribution < -0.4 is 5.32 Å². The van der Waals surface area contributed by atoms with Crippen LogP contribution in [0.3, 0.4) is 0 Å². The molecule has 1 aromatic carbocycles. The highest BCUT2D eigenvalue weighted by molar-refractivity contribution is 5.97. The SMILES string of the molecule is CC(=O)Nc1cc(C(=O)N(C)CCN(C)C2CCCCC2)ccc1C. The molecule has 2 amide bonds. The van der Waals surface area contributed by atoms with E-state index in [-0.39, 0.29) is 11.8 Å². The predicted molar refractivity (Wildman–Crippen MR) is 102 cm³/mol. The molecule has 0 aromatic heterocycles. The third-order valence-corrected chi connectivity index (χ3v) is 5.13. The fourth-order valence-electron chi connectivity index (χ4n) is 3.41. The zero-order valence-electron chi connectivity index (χ0n) is 16.0. The second-order valence-electron chi connectivity index (χ2n) is 7.21. The maximum Gasteiger partial charge on any atom is 0.253 e. The molecular formula is C20H31N3O2. The number of carbonyl (C=O) groups excluding carboxylic acids is 2. The van der Waals surface area contributed by atoms with Crippen LogP contribution in [0.5, 0.6) is 0 Å². The fourth-order valence-corrected chi connectivity index (χ4v) is 3.41. The van der Waals surface area contributed by atoms with Crippen LogP contribution in [-0.4, -0.2) is 54.8 Å². The monoisotopic (exact) mass is 345 g/mol. The van der Waals surface area contributed by atoms with E-state index in [1.165, 1.54) is 39.0 Å². The number of nitrogens with zero attached hydrogens (tertiary/aromatic N) is 2. The maximum absolute atomic E-state index is 12.7. The minimum absolute atomic E-state index is 0.0105. The quantitative estimate of drug-likeness (QED) is 0.861. The van der Waals surface area contributed by atoms with Crippen LogP contribution in [-0.2, 0) is 4.79 Å². The lowest BCUT2D eigenvalue weighted by molar-refractivity contribution is -0.114. The van der Waals surface area contributed by atoms with Crippen molar-refractivity contribution < 1.29 is 9.59 Å². The van der Waals surface area contributed by atoms with Gasteiger partial charge in [0.05, 0.1) is 0 Å². The van der Waals surface area contributed by atoms with Gasteiger partial charge < -0.3 is 15.1 Å². The van der Waals surface area contributed by atoms with Crippen molar-refractivity contribution in [3.05, 3.63) is 29.3 Å². The fraction of sp³-hybridized carbons (Fsp3) is 0.600. The summed E-state index contributed by atoms with van der Waals surface area (Å²) < 4.78 is 0. The highest BCUT2D eigenvalue weighted by Gasteiger charge is 2.19. The van der Waals surface area contributed by atoms with Crippen molar-refractivity contribution in [3.63, 3.8) is 0 Å². The van der Waals surface area contributed by atoms with Crippen molar-refractivity contribution in [3.8, 4) is 0 Å². The van der Waals surface area contributed by atoms with Gasteiger partial charge in [-0.15, -0.1) is 0 Å². The standard InChI is InChI=1S/C20H31N3O2/c1-15-10-11-17(14-19(15)21-16(2)24)20(25)23(4)13-12-22(3)18-8-6-5-7-9-18/h10-11,14,18H,5-9,12-13H2,1-4H3,(H,21,24). The third kappa shape index (κ3) is 5.56. The average Bonchev–Trinajstić information content (AvgIpc) is 2.61. The van der Waals surface area contributed by atoms with Gasteiger partial charge >= 0.3 is 0 Å². The molecule has 138 valence electrons. The van der Waals surface area contributed by atoms with Crippen LogP contribution >= 0.6 is 0 Å². The van der Waals surface area contributed by atoms with Crippen molar-refractivity contribution in [1.82, 2.24) is 9.80 Å². The van der Waals surface area contributed by atoms with E-state index in [0.717, 1.165) is 12.1 Å². The molecule has 1 aromatic rings. The van der Waals surface area contributed by atoms with Gasteiger partial charge in [-0.05, 0) is 44.5 Å². The van der Waals surface area contributed by atoms with E-state index >= 15 is 0 Å². The van der Waals surface area contributed by atoms with Crippen LogP contribution in [0.4, 0.5) is 5.69 Å². The Hall–Kier alpha value is -1.88. The zero-order chi connectivity index (χ0) is 18.4. The molecule has 0 saturated heterocycles. The Kier molecular flexibility index (Phi) is 7.00. The summed E-state index contributed by atoms with van der Waals surface area (Å²) in [6, 6.07) is 6.12. The molecule has 1 saturated carbocycles. The largest absolute Gasteiger partial charge is 0.340 e. The van der Waals surface area contributed by atoms with Crippen LogP contribution in [0, 0.1) is 6.92 Å². The highest BCUT2D eigenvalue weighted by Crippen LogP contribution is 2.21. The topological polar surface area (TPSA) is 52.7 Å². The smallest absolute Gasteiger partial charge is 0.253 e. The summed E-state index contributed by atoms with van der Waals surface area (Å²) in [5.41, 5.74) is 2.26. The molecule has 0 bridgehead atoms. The van der Waals surface area contributed by atoms with Crippen LogP contribution in [0.2, 0.25) is 0 Å². The molecule has 2 rings (SSSR count). The molecule has 0 unspecified atom stereocenters. The lowest BCUT2D eigenvalue weighted by Gasteiger charge is -2.32. The Morgan fingerprint density at radius 2 is 1.80 bits per heavy atom. The van der Waals surface area contributed by atoms with Gasteiger partial charge in [-0.3, -0.25) is 9.59 Å². The first-order chi connectivity index (χ1) is 11.9. The lowest BCUT2D eigenvalue weighted by Crippen LogP contribution is -2.40. The van der Waals surface area contributed by atoms with E-state index in [1.54, 1.807) is 11.0 Å². The zero-order valence-corrected chi connectivity index (χ0v) is 16.0. The van der Waals surface area contributed by atoms with Gasteiger partial charge in [0.2, 0.25) is 5.91 Å². The summed E-state index contributed by atoms with van der Waals surface area (Å²) in [4.78, 5) is 28.1. The molecule has 1 aliphatic carbocycles. The predicted octanol–water partition coefficient (Wildman–Crippen LogP) is 3.29. The Morgan fingerprint density at radius 3 is 2.44 bits per heavy atom. The van der Waals surface area contributed by atoms with Crippen molar-refractivity contribution in [1.29, 1.82) is 0 Å². The van der Waals surface area contributed by atoms with Gasteiger partial charge in [-0.1, -0.05) is 25.3 Å². The molecule has 25 heavy (non-hydrogen) atoms. The normalized spacial score (nSPS) is 15.2. The minimum Gasteiger partial charge on any atom is -0.340 e. The summed E-state index contributed by atoms with van der Waals surface area (Å²) >= 11 is 0. The number of carbonyl (C=O) groups is 2. The van der Waals surface area contributed by atoms with Gasteiger partial charge in [-0.25, -0.2) is 0 Å². The van der Waals surface area contributed by atoms with Crippen LogP contribution in [0.1, 0.15) is 54.9 Å². The van der Waals surface area contributed by atoms with Gasteiger partial charge in [0, 0.05) is 44.4 Å². The Bertz CT molecular complexity index is 609. The number of likely N-dealkylation sites (N-methyl/N-ethyl adjacent to an activating group) is 2. The number of nitrogens with one attached hydrogen (secondary N) is 1. The molecule has 0 heterocycles. The Labute approximate surface area is 151 Å². The van der Waals surface area contributed by atoms with Gasteiger partial charge in [0.15, 0.2) is 0 Å². The summed E-state index contributed by atoms with van der Waals surface area (Å²) in [5, 5.41) is 2.78. The molecule has 1 aliphatic rings. The van der Waals surface area contributed by atoms with Gasteiger partial charge in [0.1, 0.15) is 0 Å². The Balaban J connectivity index is 1.93. The number of hydrogen-bond acceptors (Lipinski definition) is 3. The second kappa shape index (κ2) is 8.99. The number of amides is 2. The summed E-state index contributed by atoms with van der Waals surface area (Å²) in [6.07, 6.45) is 6.53. The van der Waals surface area contributed by atoms with Crippen LogP contribution in [0.15, 0.2) is 18.2 Å². The molecule has 5 nitrogen and oxygen atoms in total. The first kappa shape index (κ1) is 19.4. The van der Waals surface area contributed by atoms with E-state index in [0.29, 0.717) is 23.8 Å². The molecule has 0 spiro atoms. The van der Waals surface area contributed by atoms with Gasteiger partial charge in [-0.2, -0.15) is 0 Å². The molecular weight excluding hydrogens is 314 g/mol. The second-order valence-corrected chi connectivity index (χ2v) is 7.21. The number of benzene rings is 1. The summed E-state index contributed by atoms with van der Waals surface area (Å²) in [6.45, 7) is 4.98. The first-order valence-corrected chi connectivity index (χ1v) is 9.22. The van der Waals surface area contributed by atoms with Crippen molar-refractivity contribution in [2.45, 2.75) is 52.0 Å². The van der Waals surface area contributed by atoms with E-state index in [2.05, 4.69) is 17.3 Å². The number of aryl methyl sites for hydroxylation is 1. The average molecular weight is 345 g/mol. The molecule has 0 atom stereocenters. The van der Waals surface area contributed by atoms with Crippen molar-refractivity contribution in [2.24, 2.45) is 0 Å². The lowest BCUT2D eigenvalue weighted by atomic mass is 9.94. The number of anilines is 1. The van der Waals surface area contributed by atoms with Gasteiger partial charge in [0.25, 0.3) is 5.91 Å². The van der Waals surface area contributed by atoms with Crippen molar-refractivity contribution in [2.75, 3.05) is 32.5 Å². The van der Waals surface area contributed by atoms with E-state index in [4.69, 9.17) is 0 Å². The Morgan fingerprint density at radius 1 is 1.12 bits per heavy atom. The first-order valence-electron chi connectivity index (χ1n) is 9.22. The van der Waals surface area contributed by atoms with Crippen molar-refractivity contribution >= 4 is 17.5 Å². The molecule has 0 aliphatic heterocycles. The molecule has 0 radical (unpaired) electrons. The third-order valence-electron chi connectivity index (χ3n) is 5.13. The van der Waals surface area contributed by atoms with Crippen LogP contribution in [0.25, 0.3) is 0 Å². The highest BCUT2D eigenvalue weighted by atomic mass is 16.2. The maximum atomic E-state index is 12.7. The van der Waals surface area contributed by atoms with E-state index in [9.17, 15) is 9.59 Å². The summed E-state index contributed by atoms with van der Waals surface area (Å²) in [5.74, 6) is -0.140. The molecule has 1 N–H and O–H groups in total. The van der Waals surface area contributed by atoms with E-state index in [1.807, 2.05) is 26.1 Å². The minimum atomic E-state index is -0.129. The number of hydrogen-bond donors (Lipinski definition) is 1. The summed E-state index contributed by atoms with van der Waals surface area (Å²) in [7, 11) is 4.00.